The number of nitrogens with one attached hydrogen (secondary N) is 2. The summed E-state index contributed by atoms with van der Waals surface area (Å²) in [5, 5.41) is 5.29. The van der Waals surface area contributed by atoms with Crippen LogP contribution in [0.5, 0.6) is 0 Å². The van der Waals surface area contributed by atoms with Gasteiger partial charge in [0, 0.05) is 11.4 Å². The molecule has 0 aliphatic carbocycles. The Morgan fingerprint density at radius 2 is 1.90 bits per heavy atom. The topological polar surface area (TPSA) is 41.1 Å². The van der Waals surface area contributed by atoms with Crippen LogP contribution in [0.15, 0.2) is 42.5 Å². The Morgan fingerprint density at radius 3 is 2.60 bits per heavy atom. The largest absolute Gasteiger partial charge is 0.376 e. The van der Waals surface area contributed by atoms with E-state index in [0.717, 1.165) is 0 Å². The summed E-state index contributed by atoms with van der Waals surface area (Å²) in [6.45, 7) is -0.0432. The third-order valence-electron chi connectivity index (χ3n) is 2.48. The molecule has 20 heavy (non-hydrogen) atoms. The van der Waals surface area contributed by atoms with Gasteiger partial charge in [-0.05, 0) is 36.4 Å². The zero-order valence-electron chi connectivity index (χ0n) is 10.3. The molecule has 0 radical (unpaired) electrons. The summed E-state index contributed by atoms with van der Waals surface area (Å²) in [6.07, 6.45) is 0. The van der Waals surface area contributed by atoms with Crippen LogP contribution < -0.4 is 10.6 Å². The second-order valence-electron chi connectivity index (χ2n) is 4.04. The van der Waals surface area contributed by atoms with E-state index in [1.54, 1.807) is 6.07 Å². The van der Waals surface area contributed by atoms with E-state index in [0.29, 0.717) is 11.4 Å². The molecule has 2 N–H and O–H groups in total. The monoisotopic (exact) mass is 296 g/mol. The molecule has 0 heterocycles. The van der Waals surface area contributed by atoms with Crippen LogP contribution in [-0.2, 0) is 4.79 Å². The lowest BCUT2D eigenvalue weighted by molar-refractivity contribution is -0.114. The molecular weight excluding hydrogens is 286 g/mol. The first-order chi connectivity index (χ1) is 9.54. The summed E-state index contributed by atoms with van der Waals surface area (Å²) in [7, 11) is 0. The van der Waals surface area contributed by atoms with E-state index in [9.17, 15) is 13.6 Å². The Labute approximate surface area is 119 Å². The van der Waals surface area contributed by atoms with Gasteiger partial charge in [-0.15, -0.1) is 0 Å². The number of hydrogen-bond donors (Lipinski definition) is 2. The quantitative estimate of drug-likeness (QED) is 0.904. The summed E-state index contributed by atoms with van der Waals surface area (Å²) in [5.41, 5.74) is 0.889. The van der Waals surface area contributed by atoms with Gasteiger partial charge < -0.3 is 10.6 Å². The molecule has 0 aliphatic rings. The summed E-state index contributed by atoms with van der Waals surface area (Å²) >= 11 is 5.62. The van der Waals surface area contributed by atoms with Crippen molar-refractivity contribution in [3.63, 3.8) is 0 Å². The van der Waals surface area contributed by atoms with Crippen molar-refractivity contribution in [3.05, 3.63) is 59.1 Å². The number of rotatable bonds is 4. The molecule has 0 spiro atoms. The maximum atomic E-state index is 12.9. The lowest BCUT2D eigenvalue weighted by atomic mass is 10.3. The highest BCUT2D eigenvalue weighted by Gasteiger charge is 2.05. The van der Waals surface area contributed by atoms with E-state index in [-0.39, 0.29) is 17.5 Å². The van der Waals surface area contributed by atoms with Crippen molar-refractivity contribution in [2.75, 3.05) is 17.2 Å². The van der Waals surface area contributed by atoms with Crippen molar-refractivity contribution in [3.8, 4) is 0 Å². The molecule has 6 heteroatoms. The first-order valence-electron chi connectivity index (χ1n) is 5.79. The second kappa shape index (κ2) is 6.34. The third kappa shape index (κ3) is 3.93. The van der Waals surface area contributed by atoms with Crippen molar-refractivity contribution in [1.29, 1.82) is 0 Å². The maximum absolute atomic E-state index is 12.9. The zero-order valence-corrected chi connectivity index (χ0v) is 11.0. The first kappa shape index (κ1) is 14.3. The number of hydrogen-bond acceptors (Lipinski definition) is 2. The van der Waals surface area contributed by atoms with Gasteiger partial charge in [-0.2, -0.15) is 0 Å². The summed E-state index contributed by atoms with van der Waals surface area (Å²) in [5.74, 6) is -1.31. The number of carbonyl (C=O) groups is 1. The lowest BCUT2D eigenvalue weighted by Crippen LogP contribution is -2.21. The molecule has 104 valence electrons. The minimum Gasteiger partial charge on any atom is -0.376 e. The number of anilines is 2. The highest BCUT2D eigenvalue weighted by Crippen LogP contribution is 2.19. The third-order valence-corrected chi connectivity index (χ3v) is 2.77. The van der Waals surface area contributed by atoms with Crippen LogP contribution in [0, 0.1) is 11.6 Å². The van der Waals surface area contributed by atoms with E-state index in [1.165, 1.54) is 36.4 Å². The molecule has 0 saturated heterocycles. The van der Waals surface area contributed by atoms with Gasteiger partial charge in [0.05, 0.1) is 11.6 Å². The molecule has 0 unspecified atom stereocenters. The molecule has 0 fully saturated rings. The van der Waals surface area contributed by atoms with Crippen LogP contribution >= 0.6 is 11.6 Å². The van der Waals surface area contributed by atoms with Gasteiger partial charge in [-0.1, -0.05) is 17.7 Å². The Bertz CT molecular complexity index is 634. The predicted octanol–water partition coefficient (Wildman–Crippen LogP) is 3.67. The second-order valence-corrected chi connectivity index (χ2v) is 4.45. The first-order valence-corrected chi connectivity index (χ1v) is 6.17. The summed E-state index contributed by atoms with van der Waals surface area (Å²) < 4.78 is 25.9. The number of amides is 1. The fourth-order valence-corrected chi connectivity index (χ4v) is 1.74. The summed E-state index contributed by atoms with van der Waals surface area (Å²) in [4.78, 5) is 11.6. The SMILES string of the molecule is O=C(CNc1ccc(F)c(Cl)c1)Nc1cccc(F)c1. The predicted molar refractivity (Wildman–Crippen MR) is 74.9 cm³/mol. The number of benzene rings is 2. The van der Waals surface area contributed by atoms with Crippen LogP contribution in [0.3, 0.4) is 0 Å². The van der Waals surface area contributed by atoms with E-state index < -0.39 is 11.6 Å². The van der Waals surface area contributed by atoms with Crippen LogP contribution in [-0.4, -0.2) is 12.5 Å². The fourth-order valence-electron chi connectivity index (χ4n) is 1.56. The summed E-state index contributed by atoms with van der Waals surface area (Å²) in [6, 6.07) is 9.63. The molecular formula is C14H11ClF2N2O. The smallest absolute Gasteiger partial charge is 0.243 e. The van der Waals surface area contributed by atoms with E-state index in [2.05, 4.69) is 10.6 Å². The molecule has 2 rings (SSSR count). The number of halogens is 3. The Hall–Kier alpha value is -2.14. The minimum atomic E-state index is -0.526. The van der Waals surface area contributed by atoms with Gasteiger partial charge >= 0.3 is 0 Å². The molecule has 0 aliphatic heterocycles. The van der Waals surface area contributed by atoms with Gasteiger partial charge in [0.2, 0.25) is 5.91 Å². The van der Waals surface area contributed by atoms with Crippen molar-refractivity contribution >= 4 is 28.9 Å². The van der Waals surface area contributed by atoms with Crippen LogP contribution in [0.2, 0.25) is 5.02 Å². The van der Waals surface area contributed by atoms with Crippen LogP contribution in [0.25, 0.3) is 0 Å². The Morgan fingerprint density at radius 1 is 1.10 bits per heavy atom. The van der Waals surface area contributed by atoms with Crippen molar-refractivity contribution in [2.45, 2.75) is 0 Å². The van der Waals surface area contributed by atoms with Crippen LogP contribution in [0.4, 0.5) is 20.2 Å². The standard InChI is InChI=1S/C14H11ClF2N2O/c15-12-7-10(4-5-13(12)17)18-8-14(20)19-11-3-1-2-9(16)6-11/h1-7,18H,8H2,(H,19,20). The zero-order chi connectivity index (χ0) is 14.5. The van der Waals surface area contributed by atoms with Gasteiger partial charge in [-0.3, -0.25) is 4.79 Å². The molecule has 0 atom stereocenters. The van der Waals surface area contributed by atoms with Crippen molar-refractivity contribution < 1.29 is 13.6 Å². The maximum Gasteiger partial charge on any atom is 0.243 e. The highest BCUT2D eigenvalue weighted by atomic mass is 35.5. The molecule has 0 bridgehead atoms. The highest BCUT2D eigenvalue weighted by molar-refractivity contribution is 6.31. The van der Waals surface area contributed by atoms with E-state index in [4.69, 9.17) is 11.6 Å². The van der Waals surface area contributed by atoms with E-state index >= 15 is 0 Å². The average molecular weight is 297 g/mol. The van der Waals surface area contributed by atoms with E-state index in [1.807, 2.05) is 0 Å². The molecule has 2 aromatic rings. The normalized spacial score (nSPS) is 10.2. The van der Waals surface area contributed by atoms with Crippen LogP contribution in [0.1, 0.15) is 0 Å². The molecule has 0 saturated carbocycles. The Balaban J connectivity index is 1.90. The minimum absolute atomic E-state index is 0.0273. The fraction of sp³-hybridized carbons (Fsp3) is 0.0714. The Kier molecular flexibility index (Phi) is 4.53. The molecule has 0 aromatic heterocycles. The molecule has 2 aromatic carbocycles. The lowest BCUT2D eigenvalue weighted by Gasteiger charge is -2.08. The van der Waals surface area contributed by atoms with Gasteiger partial charge in [-0.25, -0.2) is 8.78 Å². The molecule has 1 amide bonds. The van der Waals surface area contributed by atoms with Crippen molar-refractivity contribution in [2.24, 2.45) is 0 Å². The number of carbonyl (C=O) groups excluding carboxylic acids is 1. The van der Waals surface area contributed by atoms with Gasteiger partial charge in [0.1, 0.15) is 11.6 Å². The van der Waals surface area contributed by atoms with Gasteiger partial charge in [0.15, 0.2) is 0 Å². The van der Waals surface area contributed by atoms with Crippen molar-refractivity contribution in [1.82, 2.24) is 0 Å². The van der Waals surface area contributed by atoms with Gasteiger partial charge in [0.25, 0.3) is 0 Å². The molecule has 3 nitrogen and oxygen atoms in total. The average Bonchev–Trinajstić information content (AvgIpc) is 2.40.